The molecule has 0 saturated heterocycles. The fourth-order valence-corrected chi connectivity index (χ4v) is 5.27. The highest BCUT2D eigenvalue weighted by Gasteiger charge is 2.06. The van der Waals surface area contributed by atoms with E-state index in [0.29, 0.717) is 0 Å². The molecule has 0 bridgehead atoms. The number of pyridine rings is 1. The summed E-state index contributed by atoms with van der Waals surface area (Å²) < 4.78 is 2.31. The van der Waals surface area contributed by atoms with E-state index >= 15 is 0 Å². The summed E-state index contributed by atoms with van der Waals surface area (Å²) in [5.41, 5.74) is 8.40. The Morgan fingerprint density at radius 3 is 1.48 bits per heavy atom. The van der Waals surface area contributed by atoms with Crippen molar-refractivity contribution < 1.29 is 21.5 Å². The fourth-order valence-electron chi connectivity index (χ4n) is 4.99. The average Bonchev–Trinajstić information content (AvgIpc) is 3.12. The van der Waals surface area contributed by atoms with Crippen molar-refractivity contribution in [1.82, 2.24) is 0 Å². The molecule has 0 spiro atoms. The van der Waals surface area contributed by atoms with Crippen molar-refractivity contribution in [2.75, 3.05) is 5.33 Å². The van der Waals surface area contributed by atoms with E-state index in [1.165, 1.54) is 33.2 Å². The predicted octanol–water partition coefficient (Wildman–Crippen LogP) is 7.51. The number of rotatable bonds is 7. The van der Waals surface area contributed by atoms with Crippen molar-refractivity contribution in [2.45, 2.75) is 32.2 Å². The molecule has 0 aliphatic rings. The molecule has 5 aromatic carbocycles. The van der Waals surface area contributed by atoms with Gasteiger partial charge >= 0.3 is 0 Å². The Bertz CT molecular complexity index is 1890. The van der Waals surface area contributed by atoms with Crippen LogP contribution in [-0.4, -0.2) is 5.33 Å². The van der Waals surface area contributed by atoms with Crippen LogP contribution in [0.15, 0.2) is 152 Å². The molecule has 3 heteroatoms. The van der Waals surface area contributed by atoms with Gasteiger partial charge in [0.05, 0.1) is 0 Å². The third-order valence-corrected chi connectivity index (χ3v) is 7.93. The number of benzene rings is 5. The first-order valence-electron chi connectivity index (χ1n) is 15.5. The van der Waals surface area contributed by atoms with E-state index in [1.54, 1.807) is 0 Å². The van der Waals surface area contributed by atoms with E-state index in [2.05, 4.69) is 184 Å². The van der Waals surface area contributed by atoms with Crippen LogP contribution in [0.2, 0.25) is 0 Å². The minimum atomic E-state index is 0. The first-order chi connectivity index (χ1) is 22.3. The first-order valence-corrected chi connectivity index (χ1v) is 16.6. The molecule has 0 atom stereocenters. The van der Waals surface area contributed by atoms with Crippen LogP contribution >= 0.6 is 15.9 Å². The van der Waals surface area contributed by atoms with Gasteiger partial charge in [-0.3, -0.25) is 0 Å². The van der Waals surface area contributed by atoms with Gasteiger partial charge in [-0.2, -0.15) is 4.57 Å². The quantitative estimate of drug-likeness (QED) is 0.0695. The van der Waals surface area contributed by atoms with Gasteiger partial charge in [0.2, 0.25) is 5.52 Å². The van der Waals surface area contributed by atoms with Gasteiger partial charge in [-0.15, -0.1) is 0 Å². The molecule has 46 heavy (non-hydrogen) atoms. The topological polar surface area (TPSA) is 3.88 Å². The minimum Gasteiger partial charge on any atom is -1.00 e. The molecule has 0 amide bonds. The molecular formula is C43H37Br2N. The lowest BCUT2D eigenvalue weighted by Gasteiger charge is -2.01. The Morgan fingerprint density at radius 1 is 0.478 bits per heavy atom. The lowest BCUT2D eigenvalue weighted by molar-refractivity contribution is -0.671. The number of hydrogen-bond acceptors (Lipinski definition) is 0. The Kier molecular flexibility index (Phi) is 14.4. The Morgan fingerprint density at radius 2 is 0.935 bits per heavy atom. The van der Waals surface area contributed by atoms with Gasteiger partial charge in [-0.25, -0.2) is 0 Å². The second-order valence-corrected chi connectivity index (χ2v) is 11.4. The van der Waals surface area contributed by atoms with E-state index in [0.717, 1.165) is 48.7 Å². The molecule has 0 unspecified atom stereocenters. The van der Waals surface area contributed by atoms with Crippen LogP contribution < -0.4 is 21.5 Å². The van der Waals surface area contributed by atoms with Crippen LogP contribution in [0.5, 0.6) is 0 Å². The van der Waals surface area contributed by atoms with Crippen LogP contribution in [-0.2, 0) is 6.54 Å². The number of aromatic nitrogens is 1. The SMILES string of the molecule is BrCCCC#Cc1ccc(-c2ccccc2)cc1.C(#Cc1ccc(-c2ccccc2)cc1)CCC[n+]1cccc2ccccc21.[Br-]. The zero-order chi connectivity index (χ0) is 30.9. The van der Waals surface area contributed by atoms with Gasteiger partial charge in [0.15, 0.2) is 6.20 Å². The number of nitrogens with zero attached hydrogens (tertiary/aromatic N) is 1. The summed E-state index contributed by atoms with van der Waals surface area (Å²) >= 11 is 3.40. The molecule has 1 heterocycles. The highest BCUT2D eigenvalue weighted by Crippen LogP contribution is 2.20. The number of fused-ring (bicyclic) bond motifs is 1. The fraction of sp³-hybridized carbons (Fsp3) is 0.140. The van der Waals surface area contributed by atoms with E-state index in [-0.39, 0.29) is 17.0 Å². The van der Waals surface area contributed by atoms with Crippen molar-refractivity contribution in [3.05, 3.63) is 163 Å². The van der Waals surface area contributed by atoms with Gasteiger partial charge in [0.25, 0.3) is 0 Å². The average molecular weight is 728 g/mol. The molecule has 0 aliphatic carbocycles. The monoisotopic (exact) mass is 725 g/mol. The lowest BCUT2D eigenvalue weighted by Crippen LogP contribution is -3.00. The summed E-state index contributed by atoms with van der Waals surface area (Å²) in [7, 11) is 0. The summed E-state index contributed by atoms with van der Waals surface area (Å²) in [6.07, 6.45) is 6.16. The molecule has 0 fully saturated rings. The molecule has 1 aromatic heterocycles. The van der Waals surface area contributed by atoms with E-state index < -0.39 is 0 Å². The van der Waals surface area contributed by atoms with Crippen LogP contribution in [0.1, 0.15) is 36.8 Å². The maximum absolute atomic E-state index is 3.40. The predicted molar refractivity (Wildman–Crippen MR) is 194 cm³/mol. The Hall–Kier alpha value is -4.41. The summed E-state index contributed by atoms with van der Waals surface area (Å²) in [5, 5.41) is 2.30. The van der Waals surface area contributed by atoms with Crippen molar-refractivity contribution in [1.29, 1.82) is 0 Å². The summed E-state index contributed by atoms with van der Waals surface area (Å²) in [6.45, 7) is 0.989. The molecule has 6 rings (SSSR count). The lowest BCUT2D eigenvalue weighted by atomic mass is 10.0. The molecule has 0 aliphatic heterocycles. The zero-order valence-corrected chi connectivity index (χ0v) is 29.1. The molecule has 0 N–H and O–H groups in total. The highest BCUT2D eigenvalue weighted by atomic mass is 79.9. The number of para-hydroxylation sites is 1. The maximum atomic E-state index is 3.40. The Balaban J connectivity index is 0.000000221. The normalized spacial score (nSPS) is 9.85. The van der Waals surface area contributed by atoms with Crippen molar-refractivity contribution in [2.24, 2.45) is 0 Å². The third-order valence-electron chi connectivity index (χ3n) is 7.37. The van der Waals surface area contributed by atoms with Crippen LogP contribution in [0, 0.1) is 23.7 Å². The minimum absolute atomic E-state index is 0. The summed E-state index contributed by atoms with van der Waals surface area (Å²) in [5.74, 6) is 13.0. The van der Waals surface area contributed by atoms with Crippen molar-refractivity contribution in [3.8, 4) is 45.9 Å². The zero-order valence-electron chi connectivity index (χ0n) is 25.9. The molecule has 228 valence electrons. The number of alkyl halides is 1. The molecule has 1 nitrogen and oxygen atoms in total. The maximum Gasteiger partial charge on any atom is 0.212 e. The van der Waals surface area contributed by atoms with Crippen molar-refractivity contribution in [3.63, 3.8) is 0 Å². The highest BCUT2D eigenvalue weighted by molar-refractivity contribution is 9.09. The van der Waals surface area contributed by atoms with Gasteiger partial charge in [-0.05, 0) is 65.1 Å². The van der Waals surface area contributed by atoms with Gasteiger partial charge in [-0.1, -0.05) is 137 Å². The van der Waals surface area contributed by atoms with E-state index in [1.807, 2.05) is 12.1 Å². The second kappa shape index (κ2) is 19.2. The van der Waals surface area contributed by atoms with Gasteiger partial charge in [0.1, 0.15) is 6.54 Å². The molecule has 0 saturated carbocycles. The number of halogens is 2. The summed E-state index contributed by atoms with van der Waals surface area (Å²) in [6, 6.07) is 50.5. The van der Waals surface area contributed by atoms with Gasteiger partial charge < -0.3 is 17.0 Å². The smallest absolute Gasteiger partial charge is 0.212 e. The largest absolute Gasteiger partial charge is 1.00 e. The summed E-state index contributed by atoms with van der Waals surface area (Å²) in [4.78, 5) is 0. The van der Waals surface area contributed by atoms with E-state index in [4.69, 9.17) is 0 Å². The first kappa shape index (κ1) is 34.5. The molecule has 0 radical (unpaired) electrons. The standard InChI is InChI=1S/C26H22N.C17H15Br.BrH/c1-4-11-23(12-5-1)24-18-16-22(17-19-24)10-3-2-8-20-27-21-9-14-25-13-6-7-15-26(25)27;18-14-6-2-3-7-15-10-12-17(13-11-15)16-8-4-1-5-9-16;/h1,4-7,9,11-19,21H,2,8,20H2;1,4-5,8-13H,2,6,14H2;1H/q+1;;/p-1. The van der Waals surface area contributed by atoms with Crippen LogP contribution in [0.4, 0.5) is 0 Å². The molecule has 6 aromatic rings. The van der Waals surface area contributed by atoms with Gasteiger partial charge in [0, 0.05) is 53.2 Å². The number of unbranched alkanes of at least 4 members (excludes halogenated alkanes) is 2. The van der Waals surface area contributed by atoms with Crippen LogP contribution in [0.3, 0.4) is 0 Å². The number of hydrogen-bond donors (Lipinski definition) is 0. The third kappa shape index (κ3) is 10.6. The van der Waals surface area contributed by atoms with Crippen molar-refractivity contribution >= 4 is 26.8 Å². The Labute approximate surface area is 293 Å². The van der Waals surface area contributed by atoms with Crippen LogP contribution in [0.25, 0.3) is 33.2 Å². The number of aryl methyl sites for hydroxylation is 1. The second-order valence-electron chi connectivity index (χ2n) is 10.6. The van der Waals surface area contributed by atoms with E-state index in [9.17, 15) is 0 Å². The molecular weight excluding hydrogens is 690 g/mol.